The van der Waals surface area contributed by atoms with Crippen molar-refractivity contribution in [3.05, 3.63) is 106 Å². The molecule has 0 bridgehead atoms. The molecule has 6 nitrogen and oxygen atoms in total. The highest BCUT2D eigenvalue weighted by atomic mass is 35.5. The van der Waals surface area contributed by atoms with Crippen LogP contribution in [-0.4, -0.2) is 24.7 Å². The van der Waals surface area contributed by atoms with Crippen LogP contribution in [0.4, 0.5) is 0 Å². The van der Waals surface area contributed by atoms with E-state index in [4.69, 9.17) is 21.1 Å². The number of carbonyl (C=O) groups is 2. The van der Waals surface area contributed by atoms with Gasteiger partial charge in [-0.1, -0.05) is 72.3 Å². The van der Waals surface area contributed by atoms with Gasteiger partial charge in [0.25, 0.3) is 5.91 Å². The van der Waals surface area contributed by atoms with Crippen molar-refractivity contribution in [1.82, 2.24) is 5.43 Å². The first-order valence-corrected chi connectivity index (χ1v) is 12.2. The molecule has 1 aromatic heterocycles. The van der Waals surface area contributed by atoms with E-state index in [2.05, 4.69) is 10.5 Å². The molecule has 0 radical (unpaired) electrons. The number of ether oxygens (including phenoxy) is 2. The maximum atomic E-state index is 12.7. The van der Waals surface area contributed by atoms with Crippen LogP contribution in [0.5, 0.6) is 11.5 Å². The molecule has 1 N–H and O–H groups in total. The molecule has 5 rings (SSSR count). The Hall–Kier alpha value is -4.20. The average Bonchev–Trinajstić information content (AvgIpc) is 3.24. The molecular formula is C28H19ClN2O4S. The van der Waals surface area contributed by atoms with Gasteiger partial charge < -0.3 is 9.47 Å². The molecule has 0 atom stereocenters. The van der Waals surface area contributed by atoms with Crippen molar-refractivity contribution in [2.75, 3.05) is 6.61 Å². The summed E-state index contributed by atoms with van der Waals surface area (Å²) < 4.78 is 12.0. The quantitative estimate of drug-likeness (QED) is 0.117. The van der Waals surface area contributed by atoms with Crippen molar-refractivity contribution >= 4 is 61.9 Å². The highest BCUT2D eigenvalue weighted by molar-refractivity contribution is 7.21. The van der Waals surface area contributed by atoms with E-state index in [-0.39, 0.29) is 6.61 Å². The smallest absolute Gasteiger partial charge is 0.355 e. The molecule has 0 aliphatic heterocycles. The van der Waals surface area contributed by atoms with Gasteiger partial charge in [0.2, 0.25) is 0 Å². The molecule has 8 heteroatoms. The van der Waals surface area contributed by atoms with Gasteiger partial charge in [0.15, 0.2) is 6.61 Å². The summed E-state index contributed by atoms with van der Waals surface area (Å²) >= 11 is 7.66. The molecule has 4 aromatic carbocycles. The Bertz CT molecular complexity index is 1610. The topological polar surface area (TPSA) is 77.0 Å². The molecular weight excluding hydrogens is 496 g/mol. The number of hydrogen-bond donors (Lipinski definition) is 1. The Kier molecular flexibility index (Phi) is 6.93. The first-order valence-electron chi connectivity index (χ1n) is 11.0. The highest BCUT2D eigenvalue weighted by Crippen LogP contribution is 2.35. The number of carbonyl (C=O) groups excluding carboxylic acids is 2. The molecule has 0 spiro atoms. The number of nitrogens with zero attached hydrogens (tertiary/aromatic N) is 1. The molecule has 0 aliphatic rings. The molecule has 0 saturated heterocycles. The van der Waals surface area contributed by atoms with Gasteiger partial charge in [-0.3, -0.25) is 4.79 Å². The largest absolute Gasteiger partial charge is 0.484 e. The van der Waals surface area contributed by atoms with Crippen LogP contribution in [0.3, 0.4) is 0 Å². The number of esters is 1. The van der Waals surface area contributed by atoms with Gasteiger partial charge in [0.05, 0.1) is 11.2 Å². The summed E-state index contributed by atoms with van der Waals surface area (Å²) in [7, 11) is 0. The summed E-state index contributed by atoms with van der Waals surface area (Å²) in [6.45, 7) is -0.177. The fraction of sp³-hybridized carbons (Fsp3) is 0.0357. The van der Waals surface area contributed by atoms with Crippen LogP contribution in [0.1, 0.15) is 15.2 Å². The summed E-state index contributed by atoms with van der Waals surface area (Å²) in [5.41, 5.74) is 3.07. The van der Waals surface area contributed by atoms with Gasteiger partial charge in [-0.25, -0.2) is 10.2 Å². The van der Waals surface area contributed by atoms with Crippen LogP contribution in [-0.2, 0) is 4.79 Å². The summed E-state index contributed by atoms with van der Waals surface area (Å²) in [6, 6.07) is 27.9. The third-order valence-corrected chi connectivity index (χ3v) is 6.94. The van der Waals surface area contributed by atoms with E-state index in [1.807, 2.05) is 66.7 Å². The maximum Gasteiger partial charge on any atom is 0.355 e. The Morgan fingerprint density at radius 3 is 2.56 bits per heavy atom. The standard InChI is InChI=1S/C28H19ClN2O4S/c29-26-23-10-3-4-11-24(23)36-27(26)28(33)35-22-9-5-6-18(14-22)16-30-31-25(32)17-34-21-13-12-19-7-1-2-8-20(19)15-21/h1-16H,17H2,(H,31,32). The monoisotopic (exact) mass is 514 g/mol. The minimum absolute atomic E-state index is 0.177. The van der Waals surface area contributed by atoms with Gasteiger partial charge in [-0.15, -0.1) is 11.3 Å². The predicted octanol–water partition coefficient (Wildman–Crippen LogP) is 6.46. The molecule has 1 heterocycles. The lowest BCUT2D eigenvalue weighted by atomic mass is 10.1. The van der Waals surface area contributed by atoms with Crippen LogP contribution in [0.2, 0.25) is 5.02 Å². The van der Waals surface area contributed by atoms with Crippen molar-refractivity contribution in [1.29, 1.82) is 0 Å². The van der Waals surface area contributed by atoms with E-state index in [9.17, 15) is 9.59 Å². The molecule has 5 aromatic rings. The number of amides is 1. The zero-order chi connectivity index (χ0) is 24.9. The van der Waals surface area contributed by atoms with E-state index in [1.54, 1.807) is 24.3 Å². The molecule has 178 valence electrons. The lowest BCUT2D eigenvalue weighted by molar-refractivity contribution is -0.123. The second-order valence-corrected chi connectivity index (χ2v) is 9.22. The van der Waals surface area contributed by atoms with Crippen LogP contribution < -0.4 is 14.9 Å². The Morgan fingerprint density at radius 1 is 0.889 bits per heavy atom. The van der Waals surface area contributed by atoms with Crippen molar-refractivity contribution in [3.8, 4) is 11.5 Å². The Labute approximate surface area is 215 Å². The number of fused-ring (bicyclic) bond motifs is 2. The van der Waals surface area contributed by atoms with Gasteiger partial charge >= 0.3 is 5.97 Å². The Balaban J connectivity index is 1.16. The van der Waals surface area contributed by atoms with Gasteiger partial charge in [0, 0.05) is 10.1 Å². The van der Waals surface area contributed by atoms with Gasteiger partial charge in [-0.05, 0) is 46.7 Å². The number of hydrazone groups is 1. The number of halogens is 1. The summed E-state index contributed by atoms with van der Waals surface area (Å²) in [4.78, 5) is 25.1. The van der Waals surface area contributed by atoms with E-state index in [1.165, 1.54) is 17.6 Å². The maximum absolute atomic E-state index is 12.7. The number of benzene rings is 4. The van der Waals surface area contributed by atoms with Gasteiger partial charge in [-0.2, -0.15) is 5.10 Å². The third-order valence-electron chi connectivity index (χ3n) is 5.28. The van der Waals surface area contributed by atoms with Gasteiger partial charge in [0.1, 0.15) is 16.4 Å². The predicted molar refractivity (Wildman–Crippen MR) is 143 cm³/mol. The fourth-order valence-corrected chi connectivity index (χ4v) is 4.96. The van der Waals surface area contributed by atoms with E-state index >= 15 is 0 Å². The fourth-order valence-electron chi connectivity index (χ4n) is 3.57. The van der Waals surface area contributed by atoms with E-state index in [0.717, 1.165) is 20.9 Å². The zero-order valence-electron chi connectivity index (χ0n) is 18.8. The number of hydrogen-bond acceptors (Lipinski definition) is 6. The molecule has 0 saturated carbocycles. The first kappa shape index (κ1) is 23.5. The van der Waals surface area contributed by atoms with E-state index in [0.29, 0.717) is 27.0 Å². The zero-order valence-corrected chi connectivity index (χ0v) is 20.4. The van der Waals surface area contributed by atoms with Crippen molar-refractivity contribution in [2.45, 2.75) is 0 Å². The van der Waals surface area contributed by atoms with Crippen LogP contribution in [0.25, 0.3) is 20.9 Å². The molecule has 0 unspecified atom stereocenters. The molecule has 0 fully saturated rings. The number of rotatable bonds is 7. The first-order chi connectivity index (χ1) is 17.6. The minimum atomic E-state index is -0.533. The summed E-state index contributed by atoms with van der Waals surface area (Å²) in [5.74, 6) is 0.000323. The van der Waals surface area contributed by atoms with E-state index < -0.39 is 11.9 Å². The second-order valence-electron chi connectivity index (χ2n) is 7.79. The molecule has 36 heavy (non-hydrogen) atoms. The average molecular weight is 515 g/mol. The minimum Gasteiger partial charge on any atom is -0.484 e. The van der Waals surface area contributed by atoms with Crippen LogP contribution in [0, 0.1) is 0 Å². The normalized spacial score (nSPS) is 11.1. The highest BCUT2D eigenvalue weighted by Gasteiger charge is 2.19. The molecule has 1 amide bonds. The van der Waals surface area contributed by atoms with Crippen LogP contribution >= 0.6 is 22.9 Å². The lowest BCUT2D eigenvalue weighted by Gasteiger charge is -2.06. The summed E-state index contributed by atoms with van der Waals surface area (Å²) in [6.07, 6.45) is 1.46. The van der Waals surface area contributed by atoms with Crippen molar-refractivity contribution in [3.63, 3.8) is 0 Å². The van der Waals surface area contributed by atoms with Crippen molar-refractivity contribution < 1.29 is 19.1 Å². The van der Waals surface area contributed by atoms with Crippen molar-refractivity contribution in [2.24, 2.45) is 5.10 Å². The number of thiophene rings is 1. The van der Waals surface area contributed by atoms with Crippen LogP contribution in [0.15, 0.2) is 96.1 Å². The lowest BCUT2D eigenvalue weighted by Crippen LogP contribution is -2.24. The SMILES string of the molecule is O=C(COc1ccc2ccccc2c1)NN=Cc1cccc(OC(=O)c2sc3ccccc3c2Cl)c1. The second kappa shape index (κ2) is 10.6. The molecule has 0 aliphatic carbocycles. The third kappa shape index (κ3) is 5.38. The Morgan fingerprint density at radius 2 is 1.69 bits per heavy atom. The number of nitrogens with one attached hydrogen (secondary N) is 1. The summed E-state index contributed by atoms with van der Waals surface area (Å²) in [5, 5.41) is 7.29.